The van der Waals surface area contributed by atoms with E-state index < -0.39 is 18.6 Å². The van der Waals surface area contributed by atoms with Crippen molar-refractivity contribution in [2.45, 2.75) is 13.0 Å². The largest absolute Gasteiger partial charge is 0.392 e. The van der Waals surface area contributed by atoms with Gasteiger partial charge in [0.25, 0.3) is 12.0 Å². The van der Waals surface area contributed by atoms with Crippen molar-refractivity contribution < 1.29 is 13.9 Å². The fraction of sp³-hybridized carbons (Fsp3) is 0.286. The van der Waals surface area contributed by atoms with E-state index in [9.17, 15) is 13.6 Å². The Hall–Kier alpha value is -0.500. The van der Waals surface area contributed by atoms with Crippen molar-refractivity contribution in [3.8, 4) is 0 Å². The van der Waals surface area contributed by atoms with Crippen LogP contribution in [0.4, 0.5) is 8.78 Å². The number of hydrogen-bond donors (Lipinski definition) is 2. The van der Waals surface area contributed by atoms with Crippen LogP contribution in [-0.2, 0) is 6.61 Å². The highest BCUT2D eigenvalue weighted by molar-refractivity contribution is 14.1. The van der Waals surface area contributed by atoms with E-state index in [0.29, 0.717) is 0 Å². The first kappa shape index (κ1) is 10.6. The van der Waals surface area contributed by atoms with E-state index in [-0.39, 0.29) is 14.7 Å². The Morgan fingerprint density at radius 1 is 1.62 bits per heavy atom. The molecular weight excluding hydrogens is 295 g/mol. The van der Waals surface area contributed by atoms with Crippen LogP contribution < -0.4 is 5.56 Å². The Morgan fingerprint density at radius 2 is 2.23 bits per heavy atom. The Labute approximate surface area is 85.9 Å². The molecule has 6 heteroatoms. The Bertz CT molecular complexity index is 364. The summed E-state index contributed by atoms with van der Waals surface area (Å²) in [5.41, 5.74) is -0.792. The lowest BCUT2D eigenvalue weighted by Crippen LogP contribution is -2.14. The molecule has 1 aromatic heterocycles. The van der Waals surface area contributed by atoms with Crippen LogP contribution in [0.15, 0.2) is 11.0 Å². The monoisotopic (exact) mass is 301 g/mol. The third-order valence-electron chi connectivity index (χ3n) is 1.56. The number of nitrogens with one attached hydrogen (secondary N) is 1. The van der Waals surface area contributed by atoms with Crippen LogP contribution in [0.5, 0.6) is 0 Å². The van der Waals surface area contributed by atoms with E-state index in [4.69, 9.17) is 5.11 Å². The van der Waals surface area contributed by atoms with Crippen LogP contribution in [0.1, 0.15) is 17.6 Å². The van der Waals surface area contributed by atoms with Crippen molar-refractivity contribution in [1.82, 2.24) is 4.98 Å². The minimum Gasteiger partial charge on any atom is -0.392 e. The van der Waals surface area contributed by atoms with Gasteiger partial charge in [-0.2, -0.15) is 0 Å². The lowest BCUT2D eigenvalue weighted by Gasteiger charge is -2.06. The van der Waals surface area contributed by atoms with Crippen LogP contribution in [0.2, 0.25) is 0 Å². The second-order valence-corrected chi connectivity index (χ2v) is 3.40. The number of pyridine rings is 1. The molecule has 0 aromatic carbocycles. The van der Waals surface area contributed by atoms with Gasteiger partial charge in [0, 0.05) is 17.3 Å². The number of H-pyrrole nitrogens is 1. The van der Waals surface area contributed by atoms with Crippen molar-refractivity contribution >= 4 is 22.6 Å². The Morgan fingerprint density at radius 3 is 2.69 bits per heavy atom. The number of hydrogen-bond acceptors (Lipinski definition) is 2. The van der Waals surface area contributed by atoms with Gasteiger partial charge in [-0.15, -0.1) is 0 Å². The van der Waals surface area contributed by atoms with E-state index in [1.165, 1.54) is 0 Å². The number of aromatic amines is 1. The van der Waals surface area contributed by atoms with Crippen LogP contribution in [0, 0.1) is 3.57 Å². The fourth-order valence-electron chi connectivity index (χ4n) is 0.913. The van der Waals surface area contributed by atoms with E-state index in [2.05, 4.69) is 4.98 Å². The zero-order valence-electron chi connectivity index (χ0n) is 6.35. The summed E-state index contributed by atoms with van der Waals surface area (Å²) in [6, 6.07) is 0. The number of alkyl halides is 2. The van der Waals surface area contributed by atoms with Crippen molar-refractivity contribution in [1.29, 1.82) is 0 Å². The number of aliphatic hydroxyl groups excluding tert-OH is 1. The van der Waals surface area contributed by atoms with Crippen LogP contribution in [-0.4, -0.2) is 10.1 Å². The molecule has 2 N–H and O–H groups in total. The second kappa shape index (κ2) is 4.14. The van der Waals surface area contributed by atoms with E-state index in [1.54, 1.807) is 22.6 Å². The van der Waals surface area contributed by atoms with Crippen LogP contribution in [0.25, 0.3) is 0 Å². The lowest BCUT2D eigenvalue weighted by molar-refractivity contribution is 0.146. The van der Waals surface area contributed by atoms with Gasteiger partial charge in [-0.05, 0) is 22.6 Å². The summed E-state index contributed by atoms with van der Waals surface area (Å²) in [5.74, 6) is 0. The van der Waals surface area contributed by atoms with Crippen LogP contribution in [0.3, 0.4) is 0 Å². The molecule has 13 heavy (non-hydrogen) atoms. The van der Waals surface area contributed by atoms with Crippen molar-refractivity contribution in [2.24, 2.45) is 0 Å². The van der Waals surface area contributed by atoms with Gasteiger partial charge in [-0.1, -0.05) is 0 Å². The number of aromatic nitrogens is 1. The molecular formula is C7H6F2INO2. The predicted molar refractivity (Wildman–Crippen MR) is 50.7 cm³/mol. The molecule has 3 nitrogen and oxygen atoms in total. The highest BCUT2D eigenvalue weighted by Gasteiger charge is 2.16. The summed E-state index contributed by atoms with van der Waals surface area (Å²) in [4.78, 5) is 13.1. The molecule has 0 unspecified atom stereocenters. The third-order valence-corrected chi connectivity index (χ3v) is 2.71. The van der Waals surface area contributed by atoms with E-state index in [1.807, 2.05) is 0 Å². The molecule has 0 amide bonds. The zero-order valence-corrected chi connectivity index (χ0v) is 8.51. The molecule has 0 aliphatic carbocycles. The molecule has 0 fully saturated rings. The van der Waals surface area contributed by atoms with Gasteiger partial charge in [-0.25, -0.2) is 8.78 Å². The molecule has 0 radical (unpaired) electrons. The zero-order chi connectivity index (χ0) is 10.0. The number of aliphatic hydroxyl groups is 1. The topological polar surface area (TPSA) is 53.1 Å². The summed E-state index contributed by atoms with van der Waals surface area (Å²) >= 11 is 1.63. The average Bonchev–Trinajstić information content (AvgIpc) is 2.09. The summed E-state index contributed by atoms with van der Waals surface area (Å²) in [7, 11) is 0. The van der Waals surface area contributed by atoms with E-state index >= 15 is 0 Å². The van der Waals surface area contributed by atoms with Gasteiger partial charge in [-0.3, -0.25) is 4.79 Å². The Balaban J connectivity index is 3.38. The first-order chi connectivity index (χ1) is 6.07. The molecule has 0 aliphatic rings. The average molecular weight is 301 g/mol. The van der Waals surface area contributed by atoms with Crippen molar-refractivity contribution in [2.75, 3.05) is 0 Å². The fourth-order valence-corrected chi connectivity index (χ4v) is 1.55. The number of rotatable bonds is 2. The van der Waals surface area contributed by atoms with Gasteiger partial charge < -0.3 is 10.1 Å². The molecule has 0 saturated heterocycles. The summed E-state index contributed by atoms with van der Waals surface area (Å²) in [6.07, 6.45) is -1.76. The maximum Gasteiger partial charge on any atom is 0.265 e. The van der Waals surface area contributed by atoms with Gasteiger partial charge in [0.05, 0.1) is 10.2 Å². The molecule has 72 valence electrons. The SMILES string of the molecule is O=c1[nH]cc(C(F)F)c(CO)c1I. The number of halogens is 3. The minimum absolute atomic E-state index is 0.000602. The molecule has 0 atom stereocenters. The van der Waals surface area contributed by atoms with Gasteiger partial charge in [0.1, 0.15) is 0 Å². The predicted octanol–water partition coefficient (Wildman–Crippen LogP) is 1.41. The summed E-state index contributed by atoms with van der Waals surface area (Å²) in [6.45, 7) is -0.554. The minimum atomic E-state index is -2.69. The van der Waals surface area contributed by atoms with Gasteiger partial charge >= 0.3 is 0 Å². The second-order valence-electron chi connectivity index (χ2n) is 2.32. The highest BCUT2D eigenvalue weighted by Crippen LogP contribution is 2.23. The maximum atomic E-state index is 12.3. The third kappa shape index (κ3) is 2.05. The smallest absolute Gasteiger partial charge is 0.265 e. The first-order valence-corrected chi connectivity index (χ1v) is 4.44. The molecule has 0 bridgehead atoms. The molecule has 0 saturated carbocycles. The maximum absolute atomic E-state index is 12.3. The highest BCUT2D eigenvalue weighted by atomic mass is 127. The molecule has 0 aliphatic heterocycles. The first-order valence-electron chi connectivity index (χ1n) is 3.37. The Kier molecular flexibility index (Phi) is 3.37. The van der Waals surface area contributed by atoms with E-state index in [0.717, 1.165) is 6.20 Å². The molecule has 0 spiro atoms. The molecule has 1 aromatic rings. The summed E-state index contributed by atoms with van der Waals surface area (Å²) < 4.78 is 24.7. The van der Waals surface area contributed by atoms with Crippen molar-refractivity contribution in [3.05, 3.63) is 31.2 Å². The van der Waals surface area contributed by atoms with Crippen molar-refractivity contribution in [3.63, 3.8) is 0 Å². The lowest BCUT2D eigenvalue weighted by atomic mass is 10.1. The molecule has 1 rings (SSSR count). The normalized spacial score (nSPS) is 10.8. The quantitative estimate of drug-likeness (QED) is 0.812. The van der Waals surface area contributed by atoms with Gasteiger partial charge in [0.15, 0.2) is 0 Å². The summed E-state index contributed by atoms with van der Waals surface area (Å²) in [5, 5.41) is 8.78. The standard InChI is InChI=1S/C7H6F2INO2/c8-6(9)3-1-11-7(13)5(10)4(3)2-12/h1,6,12H,2H2,(H,11,13). The van der Waals surface area contributed by atoms with Gasteiger partial charge in [0.2, 0.25) is 0 Å². The van der Waals surface area contributed by atoms with Crippen LogP contribution >= 0.6 is 22.6 Å². The molecule has 1 heterocycles.